The van der Waals surface area contributed by atoms with Gasteiger partial charge in [-0.15, -0.1) is 0 Å². The number of nitrogens with zero attached hydrogens (tertiary/aromatic N) is 1. The van der Waals surface area contributed by atoms with Gasteiger partial charge in [-0.3, -0.25) is 0 Å². The van der Waals surface area contributed by atoms with Gasteiger partial charge in [0.1, 0.15) is 0 Å². The first-order valence-corrected chi connectivity index (χ1v) is 13.3. The molecule has 0 atom stereocenters. The van der Waals surface area contributed by atoms with Gasteiger partial charge in [0.05, 0.1) is 5.52 Å². The SMILES string of the molecule is C=C(C)C1CC(C)(CCc2c(C3CCCCC3)n(-c3ccccc3)c3cc(CN)c(N)cc23)C1. The lowest BCUT2D eigenvalue weighted by molar-refractivity contribution is 0.0887. The highest BCUT2D eigenvalue weighted by Crippen LogP contribution is 2.52. The molecule has 2 fully saturated rings. The van der Waals surface area contributed by atoms with Crippen LogP contribution < -0.4 is 11.5 Å². The van der Waals surface area contributed by atoms with Gasteiger partial charge in [0.2, 0.25) is 0 Å². The van der Waals surface area contributed by atoms with Crippen LogP contribution in [0.4, 0.5) is 5.69 Å². The van der Waals surface area contributed by atoms with Crippen LogP contribution in [-0.2, 0) is 13.0 Å². The Morgan fingerprint density at radius 3 is 2.44 bits per heavy atom. The Labute approximate surface area is 205 Å². The third-order valence-electron chi connectivity index (χ3n) is 8.75. The molecule has 0 saturated heterocycles. The van der Waals surface area contributed by atoms with E-state index >= 15 is 0 Å². The molecule has 3 aromatic rings. The fraction of sp³-hybridized carbons (Fsp3) is 0.484. The third-order valence-corrected chi connectivity index (χ3v) is 8.75. The second-order valence-corrected chi connectivity index (χ2v) is 11.4. The zero-order valence-corrected chi connectivity index (χ0v) is 21.1. The minimum absolute atomic E-state index is 0.414. The standard InChI is InChI=1S/C31H41N3/c1-21(2)24-18-31(3,19-24)15-14-26-27-17-28(33)23(20-32)16-29(27)34(25-12-8-5-9-13-25)30(26)22-10-6-4-7-11-22/h5,8-9,12-13,16-17,22,24H,1,4,6-7,10-11,14-15,18-20,32-33H2,2-3H3. The van der Waals surface area contributed by atoms with Gasteiger partial charge < -0.3 is 16.0 Å². The molecular formula is C31H41N3. The van der Waals surface area contributed by atoms with E-state index in [4.69, 9.17) is 11.5 Å². The van der Waals surface area contributed by atoms with Crippen LogP contribution >= 0.6 is 0 Å². The summed E-state index contributed by atoms with van der Waals surface area (Å²) >= 11 is 0. The molecule has 1 heterocycles. The highest BCUT2D eigenvalue weighted by Gasteiger charge is 2.40. The minimum atomic E-state index is 0.414. The maximum atomic E-state index is 6.51. The highest BCUT2D eigenvalue weighted by molar-refractivity contribution is 5.91. The fourth-order valence-corrected chi connectivity index (χ4v) is 6.69. The van der Waals surface area contributed by atoms with Crippen LogP contribution in [0.15, 0.2) is 54.6 Å². The molecule has 2 aliphatic rings. The molecule has 0 radical (unpaired) electrons. The van der Waals surface area contributed by atoms with E-state index in [2.05, 4.69) is 67.5 Å². The Hall–Kier alpha value is -2.52. The largest absolute Gasteiger partial charge is 0.398 e. The van der Waals surface area contributed by atoms with E-state index in [9.17, 15) is 0 Å². The summed E-state index contributed by atoms with van der Waals surface area (Å²) in [4.78, 5) is 0. The second kappa shape index (κ2) is 9.26. The van der Waals surface area contributed by atoms with Crippen LogP contribution in [0.1, 0.15) is 88.0 Å². The number of anilines is 1. The van der Waals surface area contributed by atoms with E-state index in [1.54, 1.807) is 0 Å². The number of hydrogen-bond acceptors (Lipinski definition) is 2. The summed E-state index contributed by atoms with van der Waals surface area (Å²) in [5.41, 5.74) is 21.8. The molecule has 3 nitrogen and oxygen atoms in total. The van der Waals surface area contributed by atoms with Crippen molar-refractivity contribution >= 4 is 16.6 Å². The van der Waals surface area contributed by atoms with Gasteiger partial charge in [-0.1, -0.05) is 56.5 Å². The maximum Gasteiger partial charge on any atom is 0.0539 e. The Kier molecular flexibility index (Phi) is 6.33. The summed E-state index contributed by atoms with van der Waals surface area (Å²) in [5, 5.41) is 1.33. The lowest BCUT2D eigenvalue weighted by Crippen LogP contribution is -2.35. The molecule has 4 N–H and O–H groups in total. The molecule has 0 spiro atoms. The average molecular weight is 456 g/mol. The first-order valence-electron chi connectivity index (χ1n) is 13.3. The fourth-order valence-electron chi connectivity index (χ4n) is 6.69. The summed E-state index contributed by atoms with van der Waals surface area (Å²) in [7, 11) is 0. The lowest BCUT2D eigenvalue weighted by Gasteiger charge is -2.46. The van der Waals surface area contributed by atoms with Gasteiger partial charge in [-0.05, 0) is 98.1 Å². The van der Waals surface area contributed by atoms with E-state index < -0.39 is 0 Å². The number of aromatic nitrogens is 1. The number of nitrogen functional groups attached to an aromatic ring is 1. The first-order chi connectivity index (χ1) is 16.4. The molecule has 0 unspecified atom stereocenters. The van der Waals surface area contributed by atoms with E-state index in [1.807, 2.05) is 0 Å². The van der Waals surface area contributed by atoms with Gasteiger partial charge in [0.15, 0.2) is 0 Å². The molecule has 0 aliphatic heterocycles. The normalized spacial score (nSPS) is 23.2. The minimum Gasteiger partial charge on any atom is -0.398 e. The van der Waals surface area contributed by atoms with Crippen molar-refractivity contribution in [1.29, 1.82) is 0 Å². The zero-order valence-electron chi connectivity index (χ0n) is 21.1. The van der Waals surface area contributed by atoms with E-state index in [0.29, 0.717) is 23.8 Å². The Bertz CT molecular complexity index is 1170. The topological polar surface area (TPSA) is 57.0 Å². The van der Waals surface area contributed by atoms with Crippen molar-refractivity contribution in [3.05, 3.63) is 71.4 Å². The molecule has 0 bridgehead atoms. The van der Waals surface area contributed by atoms with Gasteiger partial charge >= 0.3 is 0 Å². The quantitative estimate of drug-likeness (QED) is 0.284. The lowest BCUT2D eigenvalue weighted by atomic mass is 9.59. The Morgan fingerprint density at radius 1 is 1.09 bits per heavy atom. The van der Waals surface area contributed by atoms with Crippen molar-refractivity contribution in [3.63, 3.8) is 0 Å². The van der Waals surface area contributed by atoms with E-state index in [-0.39, 0.29) is 0 Å². The number of hydrogen-bond donors (Lipinski definition) is 2. The number of benzene rings is 2. The van der Waals surface area contributed by atoms with Crippen molar-refractivity contribution in [2.75, 3.05) is 5.73 Å². The molecule has 2 aromatic carbocycles. The number of para-hydroxylation sites is 1. The first kappa shape index (κ1) is 23.2. The molecule has 34 heavy (non-hydrogen) atoms. The van der Waals surface area contributed by atoms with Crippen LogP contribution in [-0.4, -0.2) is 4.57 Å². The molecule has 2 saturated carbocycles. The van der Waals surface area contributed by atoms with Crippen LogP contribution in [0.5, 0.6) is 0 Å². The van der Waals surface area contributed by atoms with Crippen LogP contribution in [0.25, 0.3) is 16.6 Å². The van der Waals surface area contributed by atoms with Crippen molar-refractivity contribution < 1.29 is 0 Å². The smallest absolute Gasteiger partial charge is 0.0539 e. The third kappa shape index (κ3) is 4.20. The van der Waals surface area contributed by atoms with E-state index in [1.165, 1.54) is 84.8 Å². The molecular weight excluding hydrogens is 414 g/mol. The number of fused-ring (bicyclic) bond motifs is 1. The van der Waals surface area contributed by atoms with Crippen LogP contribution in [0.2, 0.25) is 0 Å². The van der Waals surface area contributed by atoms with E-state index in [0.717, 1.165) is 17.7 Å². The van der Waals surface area contributed by atoms with Gasteiger partial charge in [-0.2, -0.15) is 0 Å². The van der Waals surface area contributed by atoms with Gasteiger partial charge in [0, 0.05) is 29.0 Å². The molecule has 180 valence electrons. The van der Waals surface area contributed by atoms with Crippen LogP contribution in [0.3, 0.4) is 0 Å². The predicted molar refractivity (Wildman–Crippen MR) is 145 cm³/mol. The molecule has 5 rings (SSSR count). The molecule has 1 aromatic heterocycles. The monoisotopic (exact) mass is 455 g/mol. The van der Waals surface area contributed by atoms with Crippen molar-refractivity contribution in [2.45, 2.75) is 84.1 Å². The average Bonchev–Trinajstić information content (AvgIpc) is 3.14. The number of rotatable bonds is 7. The summed E-state index contributed by atoms with van der Waals surface area (Å²) in [6.07, 6.45) is 11.5. The van der Waals surface area contributed by atoms with Crippen molar-refractivity contribution in [3.8, 4) is 5.69 Å². The molecule has 0 amide bonds. The maximum absolute atomic E-state index is 6.51. The number of allylic oxidation sites excluding steroid dienone is 1. The van der Waals surface area contributed by atoms with Crippen molar-refractivity contribution in [1.82, 2.24) is 4.57 Å². The van der Waals surface area contributed by atoms with Crippen molar-refractivity contribution in [2.24, 2.45) is 17.1 Å². The Morgan fingerprint density at radius 2 is 1.79 bits per heavy atom. The van der Waals surface area contributed by atoms with Crippen LogP contribution in [0, 0.1) is 11.3 Å². The summed E-state index contributed by atoms with van der Waals surface area (Å²) in [5.74, 6) is 1.31. The molecule has 2 aliphatic carbocycles. The Balaban J connectivity index is 1.65. The second-order valence-electron chi connectivity index (χ2n) is 11.4. The number of aryl methyl sites for hydroxylation is 1. The predicted octanol–water partition coefficient (Wildman–Crippen LogP) is 7.64. The van der Waals surface area contributed by atoms with Gasteiger partial charge in [0.25, 0.3) is 0 Å². The zero-order chi connectivity index (χ0) is 23.9. The van der Waals surface area contributed by atoms with Gasteiger partial charge in [-0.25, -0.2) is 0 Å². The summed E-state index contributed by atoms with van der Waals surface area (Å²) < 4.78 is 2.55. The highest BCUT2D eigenvalue weighted by atomic mass is 15.0. The number of nitrogens with two attached hydrogens (primary N) is 2. The summed E-state index contributed by atoms with van der Waals surface area (Å²) in [6.45, 7) is 9.35. The molecule has 3 heteroatoms. The summed E-state index contributed by atoms with van der Waals surface area (Å²) in [6, 6.07) is 15.4.